The molecule has 1 atom stereocenters. The Balaban J connectivity index is 1.87. The first kappa shape index (κ1) is 11.5. The zero-order valence-electron chi connectivity index (χ0n) is 10.3. The molecule has 1 aromatic heterocycles. The molecule has 0 saturated carbocycles. The number of thioether (sulfide) groups is 1. The molecule has 1 N–H and O–H groups in total. The van der Waals surface area contributed by atoms with Gasteiger partial charge < -0.3 is 5.32 Å². The Hall–Kier alpha value is -1.55. The van der Waals surface area contributed by atoms with E-state index in [4.69, 9.17) is 0 Å². The molecule has 0 aliphatic carbocycles. The Labute approximate surface area is 111 Å². The summed E-state index contributed by atoms with van der Waals surface area (Å²) in [4.78, 5) is 8.73. The van der Waals surface area contributed by atoms with Gasteiger partial charge in [0.2, 0.25) is 0 Å². The maximum absolute atomic E-state index is 4.54. The standard InChI is InChI=1S/C14H15N3S/c1-2-11-8-16-14(18-11)17-13-5-3-4-10-6-7-15-9-12(10)13/h3-7,9,11H,2,8H2,1H3,(H,16,17). The number of aliphatic imine (C=N–C) groups is 1. The minimum absolute atomic E-state index is 0.626. The van der Waals surface area contributed by atoms with Crippen LogP contribution < -0.4 is 5.32 Å². The average Bonchev–Trinajstić information content (AvgIpc) is 2.87. The van der Waals surface area contributed by atoms with Crippen LogP contribution >= 0.6 is 11.8 Å². The van der Waals surface area contributed by atoms with E-state index in [2.05, 4.69) is 40.4 Å². The van der Waals surface area contributed by atoms with Crippen molar-refractivity contribution in [1.29, 1.82) is 0 Å². The number of nitrogens with one attached hydrogen (secondary N) is 1. The lowest BCUT2D eigenvalue weighted by molar-refractivity contribution is 0.844. The number of pyridine rings is 1. The number of fused-ring (bicyclic) bond motifs is 1. The highest BCUT2D eigenvalue weighted by atomic mass is 32.2. The first-order valence-electron chi connectivity index (χ1n) is 6.17. The molecule has 92 valence electrons. The maximum Gasteiger partial charge on any atom is 0.161 e. The zero-order chi connectivity index (χ0) is 12.4. The van der Waals surface area contributed by atoms with Crippen molar-refractivity contribution in [1.82, 2.24) is 4.98 Å². The number of benzene rings is 1. The summed E-state index contributed by atoms with van der Waals surface area (Å²) in [5.74, 6) is 0. The molecular formula is C14H15N3S. The van der Waals surface area contributed by atoms with Gasteiger partial charge in [0, 0.05) is 28.7 Å². The Kier molecular flexibility index (Phi) is 3.19. The molecule has 0 radical (unpaired) electrons. The lowest BCUT2D eigenvalue weighted by Gasteiger charge is -2.09. The molecule has 4 heteroatoms. The second-order valence-corrected chi connectivity index (χ2v) is 5.61. The minimum atomic E-state index is 0.626. The van der Waals surface area contributed by atoms with Crippen LogP contribution in [0.5, 0.6) is 0 Å². The number of hydrogen-bond acceptors (Lipinski definition) is 4. The van der Waals surface area contributed by atoms with Crippen LogP contribution in [-0.2, 0) is 0 Å². The lowest BCUT2D eigenvalue weighted by Crippen LogP contribution is -2.07. The molecule has 0 bridgehead atoms. The Morgan fingerprint density at radius 2 is 2.33 bits per heavy atom. The van der Waals surface area contributed by atoms with Crippen LogP contribution in [0, 0.1) is 0 Å². The molecule has 0 spiro atoms. The number of aromatic nitrogens is 1. The summed E-state index contributed by atoms with van der Waals surface area (Å²) in [6.07, 6.45) is 4.88. The Morgan fingerprint density at radius 1 is 1.39 bits per heavy atom. The number of anilines is 1. The first-order valence-corrected chi connectivity index (χ1v) is 7.05. The minimum Gasteiger partial charge on any atom is -0.334 e. The van der Waals surface area contributed by atoms with Gasteiger partial charge in [0.05, 0.1) is 6.54 Å². The van der Waals surface area contributed by atoms with Crippen LogP contribution in [0.25, 0.3) is 10.8 Å². The molecule has 3 rings (SSSR count). The van der Waals surface area contributed by atoms with Gasteiger partial charge in [-0.05, 0) is 23.9 Å². The van der Waals surface area contributed by atoms with E-state index in [1.807, 2.05) is 30.2 Å². The van der Waals surface area contributed by atoms with Crippen LogP contribution in [0.4, 0.5) is 5.69 Å². The number of nitrogens with zero attached hydrogens (tertiary/aromatic N) is 2. The highest BCUT2D eigenvalue weighted by Gasteiger charge is 2.18. The van der Waals surface area contributed by atoms with Gasteiger partial charge >= 0.3 is 0 Å². The van der Waals surface area contributed by atoms with E-state index in [0.29, 0.717) is 5.25 Å². The zero-order valence-corrected chi connectivity index (χ0v) is 11.1. The normalized spacial score (nSPS) is 18.9. The summed E-state index contributed by atoms with van der Waals surface area (Å²) < 4.78 is 0. The quantitative estimate of drug-likeness (QED) is 0.894. The van der Waals surface area contributed by atoms with E-state index < -0.39 is 0 Å². The molecule has 0 saturated heterocycles. The van der Waals surface area contributed by atoms with Crippen molar-refractivity contribution in [2.45, 2.75) is 18.6 Å². The average molecular weight is 257 g/mol. The molecule has 1 aliphatic heterocycles. The van der Waals surface area contributed by atoms with Gasteiger partial charge in [0.25, 0.3) is 0 Å². The number of amidine groups is 1. The van der Waals surface area contributed by atoms with Crippen LogP contribution in [0.15, 0.2) is 41.7 Å². The molecule has 2 heterocycles. The van der Waals surface area contributed by atoms with E-state index in [1.54, 1.807) is 0 Å². The molecule has 2 aromatic rings. The summed E-state index contributed by atoms with van der Waals surface area (Å²) in [6, 6.07) is 8.26. The molecule has 3 nitrogen and oxygen atoms in total. The van der Waals surface area contributed by atoms with Crippen molar-refractivity contribution >= 4 is 33.4 Å². The number of rotatable bonds is 2. The topological polar surface area (TPSA) is 37.3 Å². The van der Waals surface area contributed by atoms with Crippen molar-refractivity contribution in [2.24, 2.45) is 4.99 Å². The summed E-state index contributed by atoms with van der Waals surface area (Å²) >= 11 is 1.83. The van der Waals surface area contributed by atoms with Crippen molar-refractivity contribution in [3.8, 4) is 0 Å². The second kappa shape index (κ2) is 4.98. The molecule has 0 amide bonds. The van der Waals surface area contributed by atoms with Crippen LogP contribution in [-0.4, -0.2) is 21.9 Å². The number of hydrogen-bond donors (Lipinski definition) is 1. The van der Waals surface area contributed by atoms with Gasteiger partial charge in [-0.2, -0.15) is 0 Å². The third-order valence-electron chi connectivity index (χ3n) is 3.10. The summed E-state index contributed by atoms with van der Waals surface area (Å²) in [5, 5.41) is 7.41. The fourth-order valence-corrected chi connectivity index (χ4v) is 2.99. The van der Waals surface area contributed by atoms with Gasteiger partial charge in [0.1, 0.15) is 0 Å². The molecular weight excluding hydrogens is 242 g/mol. The molecule has 18 heavy (non-hydrogen) atoms. The largest absolute Gasteiger partial charge is 0.334 e. The predicted molar refractivity (Wildman–Crippen MR) is 79.3 cm³/mol. The van der Waals surface area contributed by atoms with Crippen molar-refractivity contribution in [3.05, 3.63) is 36.7 Å². The van der Waals surface area contributed by atoms with E-state index in [9.17, 15) is 0 Å². The fourth-order valence-electron chi connectivity index (χ4n) is 2.04. The van der Waals surface area contributed by atoms with Gasteiger partial charge in [-0.25, -0.2) is 0 Å². The van der Waals surface area contributed by atoms with Crippen molar-refractivity contribution < 1.29 is 0 Å². The summed E-state index contributed by atoms with van der Waals surface area (Å²) in [6.45, 7) is 3.13. The fraction of sp³-hybridized carbons (Fsp3) is 0.286. The highest BCUT2D eigenvalue weighted by molar-refractivity contribution is 8.15. The van der Waals surface area contributed by atoms with Crippen molar-refractivity contribution in [2.75, 3.05) is 11.9 Å². The molecule has 0 fully saturated rings. The lowest BCUT2D eigenvalue weighted by atomic mass is 10.1. The maximum atomic E-state index is 4.54. The second-order valence-electron chi connectivity index (χ2n) is 4.32. The SMILES string of the molecule is CCC1CN=C(Nc2cccc3ccncc23)S1. The molecule has 1 aromatic carbocycles. The molecule has 1 aliphatic rings. The van der Waals surface area contributed by atoms with E-state index in [0.717, 1.165) is 29.2 Å². The van der Waals surface area contributed by atoms with Crippen molar-refractivity contribution in [3.63, 3.8) is 0 Å². The third kappa shape index (κ3) is 2.20. The van der Waals surface area contributed by atoms with Gasteiger partial charge in [-0.15, -0.1) is 0 Å². The van der Waals surface area contributed by atoms with Crippen LogP contribution in [0.1, 0.15) is 13.3 Å². The predicted octanol–water partition coefficient (Wildman–Crippen LogP) is 3.53. The smallest absolute Gasteiger partial charge is 0.161 e. The van der Waals surface area contributed by atoms with E-state index >= 15 is 0 Å². The Bertz CT molecular complexity index is 589. The van der Waals surface area contributed by atoms with E-state index in [1.165, 1.54) is 5.39 Å². The van der Waals surface area contributed by atoms with Crippen LogP contribution in [0.3, 0.4) is 0 Å². The van der Waals surface area contributed by atoms with Gasteiger partial charge in [-0.1, -0.05) is 30.8 Å². The highest BCUT2D eigenvalue weighted by Crippen LogP contribution is 2.27. The van der Waals surface area contributed by atoms with Crippen LogP contribution in [0.2, 0.25) is 0 Å². The summed E-state index contributed by atoms with van der Waals surface area (Å²) in [7, 11) is 0. The van der Waals surface area contributed by atoms with Gasteiger partial charge in [0.15, 0.2) is 5.17 Å². The van der Waals surface area contributed by atoms with Gasteiger partial charge in [-0.3, -0.25) is 9.98 Å². The first-order chi connectivity index (χ1) is 8.86. The Morgan fingerprint density at radius 3 is 3.17 bits per heavy atom. The molecule has 1 unspecified atom stereocenters. The van der Waals surface area contributed by atoms with E-state index in [-0.39, 0.29) is 0 Å². The monoisotopic (exact) mass is 257 g/mol. The summed E-state index contributed by atoms with van der Waals surface area (Å²) in [5.41, 5.74) is 1.09. The third-order valence-corrected chi connectivity index (χ3v) is 4.37.